The summed E-state index contributed by atoms with van der Waals surface area (Å²) in [6.07, 6.45) is 2.05. The Morgan fingerprint density at radius 3 is 2.29 bits per heavy atom. The highest BCUT2D eigenvalue weighted by Crippen LogP contribution is 2.51. The van der Waals surface area contributed by atoms with Crippen molar-refractivity contribution in [2.75, 3.05) is 43.4 Å². The minimum atomic E-state index is -0.0779. The van der Waals surface area contributed by atoms with E-state index in [1.165, 1.54) is 11.3 Å². The normalized spacial score (nSPS) is 24.8. The summed E-state index contributed by atoms with van der Waals surface area (Å²) < 4.78 is 0. The third-order valence-corrected chi connectivity index (χ3v) is 6.35. The molecular formula is C23H30N4O. The molecule has 0 radical (unpaired) electrons. The highest BCUT2D eigenvalue weighted by Gasteiger charge is 2.49. The van der Waals surface area contributed by atoms with Crippen LogP contribution in [-0.4, -0.2) is 49.6 Å². The minimum Gasteiger partial charge on any atom is -0.369 e. The van der Waals surface area contributed by atoms with Gasteiger partial charge in [-0.2, -0.15) is 0 Å². The van der Waals surface area contributed by atoms with Crippen LogP contribution in [0, 0.1) is 0 Å². The number of amides is 1. The summed E-state index contributed by atoms with van der Waals surface area (Å²) in [5, 5.41) is 2.99. The fourth-order valence-corrected chi connectivity index (χ4v) is 4.05. The molecule has 0 spiro atoms. The lowest BCUT2D eigenvalue weighted by atomic mass is 10.0. The number of anilines is 2. The van der Waals surface area contributed by atoms with E-state index in [1.807, 2.05) is 36.4 Å². The van der Waals surface area contributed by atoms with E-state index in [1.54, 1.807) is 0 Å². The number of nitrogens with zero attached hydrogens (tertiary/aromatic N) is 2. The Labute approximate surface area is 167 Å². The largest absolute Gasteiger partial charge is 0.369 e. The number of hydrogen-bond donors (Lipinski definition) is 2. The maximum Gasteiger partial charge on any atom is 0.255 e. The van der Waals surface area contributed by atoms with Crippen LogP contribution in [0.15, 0.2) is 48.5 Å². The van der Waals surface area contributed by atoms with Crippen LogP contribution in [0.25, 0.3) is 0 Å². The lowest BCUT2D eigenvalue weighted by Gasteiger charge is -2.34. The lowest BCUT2D eigenvalue weighted by Crippen LogP contribution is -2.44. The molecule has 1 amide bonds. The van der Waals surface area contributed by atoms with E-state index < -0.39 is 0 Å². The van der Waals surface area contributed by atoms with Gasteiger partial charge in [-0.3, -0.25) is 4.79 Å². The van der Waals surface area contributed by atoms with Gasteiger partial charge in [0.2, 0.25) is 0 Å². The third kappa shape index (κ3) is 3.91. The number of piperazine rings is 1. The van der Waals surface area contributed by atoms with Crippen molar-refractivity contribution in [1.29, 1.82) is 0 Å². The zero-order valence-corrected chi connectivity index (χ0v) is 16.8. The molecule has 148 valence electrons. The average Bonchev–Trinajstić information content (AvgIpc) is 3.41. The molecule has 1 heterocycles. The van der Waals surface area contributed by atoms with Crippen LogP contribution < -0.4 is 16.0 Å². The molecule has 5 heteroatoms. The number of nitrogens with one attached hydrogen (secondary N) is 1. The Morgan fingerprint density at radius 2 is 1.71 bits per heavy atom. The zero-order chi connectivity index (χ0) is 19.7. The standard InChI is InChI=1S/C23H30N4O/c1-3-23(24)16-21(23)17-4-8-19(9-5-17)25-22(28)18-6-10-20(11-7-18)27-14-12-26(2)13-15-27/h4-11,21H,3,12-16,24H2,1-2H3,(H,25,28)/t21-,23-/m0/s1. The number of hydrogen-bond acceptors (Lipinski definition) is 4. The van der Waals surface area contributed by atoms with Gasteiger partial charge in [0.25, 0.3) is 5.91 Å². The summed E-state index contributed by atoms with van der Waals surface area (Å²) in [5.41, 5.74) is 10.2. The summed E-state index contributed by atoms with van der Waals surface area (Å²) in [6.45, 7) is 6.34. The molecule has 1 saturated heterocycles. The Bertz CT molecular complexity index is 825. The highest BCUT2D eigenvalue weighted by atomic mass is 16.1. The Morgan fingerprint density at radius 1 is 1.07 bits per heavy atom. The van der Waals surface area contributed by atoms with Gasteiger partial charge in [0.05, 0.1) is 0 Å². The van der Waals surface area contributed by atoms with Crippen molar-refractivity contribution >= 4 is 17.3 Å². The smallest absolute Gasteiger partial charge is 0.255 e. The predicted octanol–water partition coefficient (Wildman–Crippen LogP) is 3.29. The molecule has 3 N–H and O–H groups in total. The molecule has 2 aliphatic rings. The first-order valence-corrected chi connectivity index (χ1v) is 10.2. The topological polar surface area (TPSA) is 61.6 Å². The van der Waals surface area contributed by atoms with Gasteiger partial charge >= 0.3 is 0 Å². The van der Waals surface area contributed by atoms with Gasteiger partial charge in [-0.1, -0.05) is 19.1 Å². The SMILES string of the molecule is CC[C@]1(N)C[C@H]1c1ccc(NC(=O)c2ccc(N3CCN(C)CC3)cc2)cc1. The Hall–Kier alpha value is -2.37. The summed E-state index contributed by atoms with van der Waals surface area (Å²) >= 11 is 0. The van der Waals surface area contributed by atoms with E-state index in [0.29, 0.717) is 11.5 Å². The highest BCUT2D eigenvalue weighted by molar-refractivity contribution is 6.04. The van der Waals surface area contributed by atoms with E-state index in [9.17, 15) is 4.79 Å². The first-order chi connectivity index (χ1) is 13.5. The zero-order valence-electron chi connectivity index (χ0n) is 16.8. The number of benzene rings is 2. The molecule has 5 nitrogen and oxygen atoms in total. The summed E-state index contributed by atoms with van der Waals surface area (Å²) in [4.78, 5) is 17.3. The van der Waals surface area contributed by atoms with Crippen LogP contribution in [0.4, 0.5) is 11.4 Å². The molecule has 0 unspecified atom stereocenters. The molecule has 1 aliphatic carbocycles. The second-order valence-corrected chi connectivity index (χ2v) is 8.26. The lowest BCUT2D eigenvalue weighted by molar-refractivity contribution is 0.102. The molecule has 1 aliphatic heterocycles. The van der Waals surface area contributed by atoms with Crippen LogP contribution in [0.1, 0.15) is 41.6 Å². The van der Waals surface area contributed by atoms with Crippen molar-refractivity contribution < 1.29 is 4.79 Å². The molecule has 1 saturated carbocycles. The van der Waals surface area contributed by atoms with E-state index in [0.717, 1.165) is 44.7 Å². The quantitative estimate of drug-likeness (QED) is 0.838. The number of likely N-dealkylation sites (N-methyl/N-ethyl adjacent to an activating group) is 1. The summed E-state index contributed by atoms with van der Waals surface area (Å²) in [6, 6.07) is 16.0. The average molecular weight is 379 g/mol. The monoisotopic (exact) mass is 378 g/mol. The van der Waals surface area contributed by atoms with Gasteiger partial charge in [0, 0.05) is 54.6 Å². The van der Waals surface area contributed by atoms with E-state index >= 15 is 0 Å². The van der Waals surface area contributed by atoms with Crippen LogP contribution >= 0.6 is 0 Å². The van der Waals surface area contributed by atoms with Gasteiger partial charge in [0.1, 0.15) is 0 Å². The Balaban J connectivity index is 1.36. The molecule has 2 atom stereocenters. The van der Waals surface area contributed by atoms with E-state index in [2.05, 4.69) is 41.2 Å². The molecular weight excluding hydrogens is 348 g/mol. The van der Waals surface area contributed by atoms with Gasteiger partial charge < -0.3 is 20.9 Å². The number of carbonyl (C=O) groups is 1. The fraction of sp³-hybridized carbons (Fsp3) is 0.435. The number of rotatable bonds is 5. The van der Waals surface area contributed by atoms with Crippen LogP contribution in [0.5, 0.6) is 0 Å². The van der Waals surface area contributed by atoms with E-state index in [-0.39, 0.29) is 11.4 Å². The number of carbonyl (C=O) groups excluding carboxylic acids is 1. The maximum absolute atomic E-state index is 12.6. The van der Waals surface area contributed by atoms with Crippen molar-refractivity contribution in [3.63, 3.8) is 0 Å². The molecule has 2 fully saturated rings. The Kier molecular flexibility index (Phi) is 5.13. The minimum absolute atomic E-state index is 0.0315. The summed E-state index contributed by atoms with van der Waals surface area (Å²) in [7, 11) is 2.15. The maximum atomic E-state index is 12.6. The first-order valence-electron chi connectivity index (χ1n) is 10.2. The molecule has 2 aromatic rings. The van der Waals surface area contributed by atoms with Crippen molar-refractivity contribution in [3.8, 4) is 0 Å². The van der Waals surface area contributed by atoms with Gasteiger partial charge in [0.15, 0.2) is 0 Å². The first kappa shape index (κ1) is 19.0. The molecule has 0 bridgehead atoms. The third-order valence-electron chi connectivity index (χ3n) is 6.35. The second kappa shape index (κ2) is 7.57. The van der Waals surface area contributed by atoms with Gasteiger partial charge in [-0.15, -0.1) is 0 Å². The van der Waals surface area contributed by atoms with Crippen molar-refractivity contribution in [2.45, 2.75) is 31.2 Å². The van der Waals surface area contributed by atoms with Crippen LogP contribution in [-0.2, 0) is 0 Å². The van der Waals surface area contributed by atoms with Crippen molar-refractivity contribution in [3.05, 3.63) is 59.7 Å². The van der Waals surface area contributed by atoms with Crippen LogP contribution in [0.3, 0.4) is 0 Å². The molecule has 2 aromatic carbocycles. The second-order valence-electron chi connectivity index (χ2n) is 8.26. The molecule has 0 aromatic heterocycles. The molecule has 4 rings (SSSR count). The van der Waals surface area contributed by atoms with Crippen molar-refractivity contribution in [2.24, 2.45) is 5.73 Å². The summed E-state index contributed by atoms with van der Waals surface area (Å²) in [5.74, 6) is 0.371. The van der Waals surface area contributed by atoms with Gasteiger partial charge in [-0.05, 0) is 61.9 Å². The van der Waals surface area contributed by atoms with Crippen LogP contribution in [0.2, 0.25) is 0 Å². The fourth-order valence-electron chi connectivity index (χ4n) is 4.05. The van der Waals surface area contributed by atoms with Crippen molar-refractivity contribution in [1.82, 2.24) is 4.90 Å². The van der Waals surface area contributed by atoms with Gasteiger partial charge in [-0.25, -0.2) is 0 Å². The molecule has 28 heavy (non-hydrogen) atoms. The predicted molar refractivity (Wildman–Crippen MR) is 115 cm³/mol. The van der Waals surface area contributed by atoms with E-state index in [4.69, 9.17) is 5.73 Å². The number of nitrogens with two attached hydrogens (primary N) is 1.